The van der Waals surface area contributed by atoms with Crippen molar-refractivity contribution >= 4 is 18.0 Å². The Morgan fingerprint density at radius 3 is 2.38 bits per heavy atom. The van der Waals surface area contributed by atoms with Gasteiger partial charge in [-0.1, -0.05) is 12.5 Å². The minimum atomic E-state index is -2.35. The molecular weight excluding hydrogens is 518 g/mol. The summed E-state index contributed by atoms with van der Waals surface area (Å²) in [6, 6.07) is 4.17. The molecule has 40 heavy (non-hydrogen) atoms. The van der Waals surface area contributed by atoms with Crippen LogP contribution in [-0.2, 0) is 22.3 Å². The Kier molecular flexibility index (Phi) is 11.1. The number of nitrogens with zero attached hydrogens (tertiary/aromatic N) is 4. The lowest BCUT2D eigenvalue weighted by Gasteiger charge is -2.31. The van der Waals surface area contributed by atoms with Gasteiger partial charge in [0, 0.05) is 44.3 Å². The van der Waals surface area contributed by atoms with Crippen molar-refractivity contribution in [1.82, 2.24) is 14.8 Å². The number of unbranched alkanes of at least 4 members (excludes halogenated alkanes) is 2. The van der Waals surface area contributed by atoms with Gasteiger partial charge in [-0.05, 0) is 98.2 Å². The van der Waals surface area contributed by atoms with Crippen LogP contribution in [0.5, 0.6) is 0 Å². The predicted molar refractivity (Wildman–Crippen MR) is 152 cm³/mol. The molecule has 2 aliphatic heterocycles. The van der Waals surface area contributed by atoms with Crippen LogP contribution < -0.4 is 4.90 Å². The fraction of sp³-hybridized carbons (Fsp3) is 0.767. The molecular formula is C30H48F2N4O4. The van der Waals surface area contributed by atoms with Crippen molar-refractivity contribution in [2.24, 2.45) is 0 Å². The SMILES string of the molecule is CC(C)(C)OC(=O)N1CCC(N(CCCCCc2ccc3c(n2)N(C(=O)OC(C)(C)C)CCC3)CCC(F)F)C1. The van der Waals surface area contributed by atoms with Crippen LogP contribution in [0.4, 0.5) is 24.2 Å². The van der Waals surface area contributed by atoms with E-state index in [1.807, 2.05) is 47.6 Å². The molecule has 8 nitrogen and oxygen atoms in total. The Labute approximate surface area is 238 Å². The monoisotopic (exact) mass is 566 g/mol. The number of fused-ring (bicyclic) bond motifs is 1. The lowest BCUT2D eigenvalue weighted by molar-refractivity contribution is 0.0274. The number of anilines is 1. The number of hydrogen-bond donors (Lipinski definition) is 0. The Morgan fingerprint density at radius 1 is 1.00 bits per heavy atom. The number of alkyl halides is 2. The molecule has 3 heterocycles. The normalized spacial score (nSPS) is 17.9. The summed E-state index contributed by atoms with van der Waals surface area (Å²) in [5.41, 5.74) is 0.869. The molecule has 1 fully saturated rings. The standard InChI is InChI=1S/C30H48F2N4O4/c1-29(2,3)39-27(37)35-19-15-24(21-35)34(20-16-25(31)32)17-9-7-8-12-23-14-13-22-11-10-18-36(26(22)33-23)28(38)40-30(4,5)6/h13-14,24-25H,7-12,15-21H2,1-6H3. The Bertz CT molecular complexity index is 993. The van der Waals surface area contributed by atoms with Gasteiger partial charge in [0.2, 0.25) is 6.43 Å². The van der Waals surface area contributed by atoms with E-state index in [1.165, 1.54) is 0 Å². The molecule has 2 aliphatic rings. The largest absolute Gasteiger partial charge is 0.444 e. The summed E-state index contributed by atoms with van der Waals surface area (Å²) >= 11 is 0. The first-order valence-corrected chi connectivity index (χ1v) is 14.7. The molecule has 1 aromatic heterocycles. The molecule has 0 spiro atoms. The van der Waals surface area contributed by atoms with E-state index in [-0.39, 0.29) is 24.6 Å². The lowest BCUT2D eigenvalue weighted by Crippen LogP contribution is -2.41. The Balaban J connectivity index is 1.51. The van der Waals surface area contributed by atoms with Gasteiger partial charge in [0.25, 0.3) is 0 Å². The van der Waals surface area contributed by atoms with Crippen molar-refractivity contribution in [2.75, 3.05) is 37.6 Å². The van der Waals surface area contributed by atoms with Crippen LogP contribution in [0.15, 0.2) is 12.1 Å². The second-order valence-corrected chi connectivity index (χ2v) is 12.9. The van der Waals surface area contributed by atoms with E-state index in [2.05, 4.69) is 11.0 Å². The van der Waals surface area contributed by atoms with Crippen molar-refractivity contribution in [3.05, 3.63) is 23.4 Å². The highest BCUT2D eigenvalue weighted by Gasteiger charge is 2.33. The van der Waals surface area contributed by atoms with E-state index >= 15 is 0 Å². The van der Waals surface area contributed by atoms with Crippen LogP contribution in [0.25, 0.3) is 0 Å². The number of ether oxygens (including phenoxy) is 2. The van der Waals surface area contributed by atoms with E-state index in [0.717, 1.165) is 56.2 Å². The Morgan fingerprint density at radius 2 is 1.70 bits per heavy atom. The molecule has 3 rings (SSSR count). The maximum atomic E-state index is 13.0. The van der Waals surface area contributed by atoms with E-state index in [9.17, 15) is 18.4 Å². The zero-order valence-corrected chi connectivity index (χ0v) is 25.2. The van der Waals surface area contributed by atoms with Gasteiger partial charge in [-0.15, -0.1) is 0 Å². The molecule has 1 aromatic rings. The average Bonchev–Trinajstić information content (AvgIpc) is 3.33. The number of rotatable bonds is 10. The molecule has 2 amide bonds. The third-order valence-electron chi connectivity index (χ3n) is 7.06. The van der Waals surface area contributed by atoms with Crippen molar-refractivity contribution < 1.29 is 27.8 Å². The van der Waals surface area contributed by atoms with Crippen molar-refractivity contribution in [3.8, 4) is 0 Å². The highest BCUT2D eigenvalue weighted by molar-refractivity contribution is 5.88. The summed E-state index contributed by atoms with van der Waals surface area (Å²) in [6.45, 7) is 13.8. The van der Waals surface area contributed by atoms with Crippen LogP contribution in [0.1, 0.15) is 91.3 Å². The maximum Gasteiger partial charge on any atom is 0.416 e. The number of pyridine rings is 1. The molecule has 0 bridgehead atoms. The summed E-state index contributed by atoms with van der Waals surface area (Å²) in [6.07, 6.45) is 2.81. The van der Waals surface area contributed by atoms with Crippen LogP contribution in [0.3, 0.4) is 0 Å². The van der Waals surface area contributed by atoms with Crippen molar-refractivity contribution in [2.45, 2.75) is 117 Å². The fourth-order valence-electron chi connectivity index (χ4n) is 5.18. The first-order valence-electron chi connectivity index (χ1n) is 14.7. The number of likely N-dealkylation sites (tertiary alicyclic amines) is 1. The minimum absolute atomic E-state index is 0.0624. The van der Waals surface area contributed by atoms with E-state index in [1.54, 1.807) is 9.80 Å². The van der Waals surface area contributed by atoms with Crippen LogP contribution in [0.2, 0.25) is 0 Å². The van der Waals surface area contributed by atoms with Crippen molar-refractivity contribution in [1.29, 1.82) is 0 Å². The lowest BCUT2D eigenvalue weighted by atomic mass is 10.0. The average molecular weight is 567 g/mol. The molecule has 0 N–H and O–H groups in total. The predicted octanol–water partition coefficient (Wildman–Crippen LogP) is 6.45. The van der Waals surface area contributed by atoms with Crippen LogP contribution >= 0.6 is 0 Å². The first-order chi connectivity index (χ1) is 18.7. The van der Waals surface area contributed by atoms with Gasteiger partial charge >= 0.3 is 12.2 Å². The fourth-order valence-corrected chi connectivity index (χ4v) is 5.18. The molecule has 10 heteroatoms. The van der Waals surface area contributed by atoms with Crippen LogP contribution in [-0.4, -0.2) is 83.4 Å². The smallest absolute Gasteiger partial charge is 0.416 e. The van der Waals surface area contributed by atoms with Gasteiger partial charge in [-0.25, -0.2) is 23.4 Å². The number of hydrogen-bond acceptors (Lipinski definition) is 6. The first kappa shape index (κ1) is 32.0. The van der Waals surface area contributed by atoms with Gasteiger partial charge in [0.05, 0.1) is 0 Å². The van der Waals surface area contributed by atoms with Gasteiger partial charge in [-0.2, -0.15) is 0 Å². The van der Waals surface area contributed by atoms with Gasteiger partial charge < -0.3 is 14.4 Å². The number of aryl methyl sites for hydroxylation is 2. The summed E-state index contributed by atoms with van der Waals surface area (Å²) in [4.78, 5) is 35.5. The number of amides is 2. The molecule has 1 unspecified atom stereocenters. The topological polar surface area (TPSA) is 75.2 Å². The highest BCUT2D eigenvalue weighted by atomic mass is 19.3. The molecule has 0 saturated carbocycles. The van der Waals surface area contributed by atoms with Gasteiger partial charge in [-0.3, -0.25) is 9.80 Å². The zero-order valence-electron chi connectivity index (χ0n) is 25.2. The number of carbonyl (C=O) groups is 2. The summed E-state index contributed by atoms with van der Waals surface area (Å²) in [5.74, 6) is 0.701. The summed E-state index contributed by atoms with van der Waals surface area (Å²) < 4.78 is 37.1. The van der Waals surface area contributed by atoms with Gasteiger partial charge in [0.1, 0.15) is 17.0 Å². The molecule has 0 aromatic carbocycles. The molecule has 0 aliphatic carbocycles. The second kappa shape index (κ2) is 13.9. The second-order valence-electron chi connectivity index (χ2n) is 12.9. The number of halogens is 2. The minimum Gasteiger partial charge on any atom is -0.444 e. The zero-order chi connectivity index (χ0) is 29.5. The highest BCUT2D eigenvalue weighted by Crippen LogP contribution is 2.28. The number of carbonyl (C=O) groups excluding carboxylic acids is 2. The quantitative estimate of drug-likeness (QED) is 0.303. The molecule has 1 saturated heterocycles. The molecule has 226 valence electrons. The van der Waals surface area contributed by atoms with Gasteiger partial charge in [0.15, 0.2) is 0 Å². The van der Waals surface area contributed by atoms with E-state index in [4.69, 9.17) is 14.5 Å². The summed E-state index contributed by atoms with van der Waals surface area (Å²) in [5, 5.41) is 0. The maximum absolute atomic E-state index is 13.0. The van der Waals surface area contributed by atoms with E-state index < -0.39 is 17.6 Å². The van der Waals surface area contributed by atoms with E-state index in [0.29, 0.717) is 38.5 Å². The third kappa shape index (κ3) is 10.2. The molecule has 0 radical (unpaired) electrons. The third-order valence-corrected chi connectivity index (χ3v) is 7.06. The van der Waals surface area contributed by atoms with Crippen LogP contribution in [0, 0.1) is 0 Å². The van der Waals surface area contributed by atoms with Crippen molar-refractivity contribution in [3.63, 3.8) is 0 Å². The summed E-state index contributed by atoms with van der Waals surface area (Å²) in [7, 11) is 0. The Hall–Kier alpha value is -2.49. The number of aromatic nitrogens is 1. The molecule has 1 atom stereocenters.